The number of hydrogen-bond donors (Lipinski definition) is 2. The molecule has 4 heterocycles. The molecule has 0 unspecified atom stereocenters. The van der Waals surface area contributed by atoms with Crippen LogP contribution in [0.4, 0.5) is 5.82 Å². The van der Waals surface area contributed by atoms with Gasteiger partial charge in [-0.1, -0.05) is 33.8 Å². The monoisotopic (exact) mass is 505 g/mol. The van der Waals surface area contributed by atoms with Crippen LogP contribution in [0.15, 0.2) is 48.1 Å². The van der Waals surface area contributed by atoms with Crippen molar-refractivity contribution in [2.24, 2.45) is 5.92 Å². The molecule has 9 heteroatoms. The minimum absolute atomic E-state index is 0.117. The minimum Gasteiger partial charge on any atom is -0.370 e. The van der Waals surface area contributed by atoms with Gasteiger partial charge in [0, 0.05) is 30.9 Å². The summed E-state index contributed by atoms with van der Waals surface area (Å²) >= 11 is 1.65. The Morgan fingerprint density at radius 2 is 1.89 bits per heavy atom. The fraction of sp³-hybridized carbons (Fsp3) is 0.407. The molecule has 2 N–H and O–H groups in total. The minimum atomic E-state index is -0.117. The van der Waals surface area contributed by atoms with Crippen LogP contribution in [-0.2, 0) is 0 Å². The van der Waals surface area contributed by atoms with E-state index in [9.17, 15) is 4.79 Å². The van der Waals surface area contributed by atoms with Crippen LogP contribution in [0.3, 0.4) is 0 Å². The fourth-order valence-electron chi connectivity index (χ4n) is 4.13. The Bertz CT molecular complexity index is 1290. The maximum Gasteiger partial charge on any atom is 0.251 e. The van der Waals surface area contributed by atoms with E-state index in [1.54, 1.807) is 22.0 Å². The first-order valence-electron chi connectivity index (χ1n) is 12.6. The number of anilines is 1. The normalized spacial score (nSPS) is 12.4. The second kappa shape index (κ2) is 11.6. The Balaban J connectivity index is 1.68. The third kappa shape index (κ3) is 5.91. The van der Waals surface area contributed by atoms with Crippen molar-refractivity contribution in [3.63, 3.8) is 0 Å². The summed E-state index contributed by atoms with van der Waals surface area (Å²) in [5.41, 5.74) is 3.60. The molecule has 4 rings (SSSR count). The van der Waals surface area contributed by atoms with Crippen LogP contribution in [0.25, 0.3) is 27.5 Å². The van der Waals surface area contributed by atoms with Crippen molar-refractivity contribution >= 4 is 28.7 Å². The number of nitrogens with one attached hydrogen (secondary N) is 2. The summed E-state index contributed by atoms with van der Waals surface area (Å²) in [6.07, 6.45) is 3.67. The van der Waals surface area contributed by atoms with Crippen LogP contribution in [0.2, 0.25) is 0 Å². The Morgan fingerprint density at radius 1 is 1.08 bits per heavy atom. The third-order valence-electron chi connectivity index (χ3n) is 6.19. The first-order valence-corrected chi connectivity index (χ1v) is 13.4. The molecule has 0 bridgehead atoms. The molecule has 1 atom stereocenters. The number of aromatic nitrogens is 4. The van der Waals surface area contributed by atoms with Crippen molar-refractivity contribution in [1.29, 1.82) is 0 Å². The molecule has 0 aromatic carbocycles. The van der Waals surface area contributed by atoms with Gasteiger partial charge in [0.05, 0.1) is 28.0 Å². The summed E-state index contributed by atoms with van der Waals surface area (Å²) in [6.45, 7) is 13.9. The van der Waals surface area contributed by atoms with E-state index in [1.807, 2.05) is 35.8 Å². The molecule has 8 nitrogen and oxygen atoms in total. The molecule has 4 aromatic rings. The van der Waals surface area contributed by atoms with Gasteiger partial charge >= 0.3 is 0 Å². The lowest BCUT2D eigenvalue weighted by Crippen LogP contribution is -2.42. The van der Waals surface area contributed by atoms with Gasteiger partial charge in [-0.2, -0.15) is 5.10 Å². The smallest absolute Gasteiger partial charge is 0.251 e. The molecule has 0 saturated carbocycles. The molecular weight excluding hydrogens is 470 g/mol. The van der Waals surface area contributed by atoms with Crippen LogP contribution in [0, 0.1) is 5.92 Å². The van der Waals surface area contributed by atoms with E-state index in [0.717, 1.165) is 35.8 Å². The first kappa shape index (κ1) is 25.8. The van der Waals surface area contributed by atoms with Gasteiger partial charge in [-0.25, -0.2) is 14.5 Å². The van der Waals surface area contributed by atoms with Crippen molar-refractivity contribution in [2.45, 2.75) is 40.7 Å². The van der Waals surface area contributed by atoms with Gasteiger partial charge in [0.1, 0.15) is 5.82 Å². The molecule has 0 saturated heterocycles. The standard InChI is InChI=1S/C27H35N7OS/c1-6-33(7-2)19(5)16-29-27(35)20-13-23(31-25(14-20)28-15-18(3)4)21-17-30-34-11-10-22(32-26(21)34)24-9-8-12-36-24/h8-14,17-19H,6-7,15-16H2,1-5H3,(H,28,31)(H,29,35)/t19-/m0/s1. The van der Waals surface area contributed by atoms with E-state index >= 15 is 0 Å². The van der Waals surface area contributed by atoms with Crippen LogP contribution < -0.4 is 10.6 Å². The summed E-state index contributed by atoms with van der Waals surface area (Å²) in [5, 5.41) is 13.0. The number of carbonyl (C=O) groups excluding carboxylic acids is 1. The Hall–Kier alpha value is -3.30. The molecule has 36 heavy (non-hydrogen) atoms. The largest absolute Gasteiger partial charge is 0.370 e. The number of thiophene rings is 1. The summed E-state index contributed by atoms with van der Waals surface area (Å²) in [6, 6.07) is 9.92. The number of amides is 1. The number of pyridine rings is 1. The fourth-order valence-corrected chi connectivity index (χ4v) is 4.82. The summed E-state index contributed by atoms with van der Waals surface area (Å²) < 4.78 is 1.74. The van der Waals surface area contributed by atoms with Crippen molar-refractivity contribution in [3.8, 4) is 21.8 Å². The number of carbonyl (C=O) groups is 1. The van der Waals surface area contributed by atoms with E-state index in [2.05, 4.69) is 61.3 Å². The van der Waals surface area contributed by atoms with Gasteiger partial charge in [0.15, 0.2) is 5.65 Å². The second-order valence-corrected chi connectivity index (χ2v) is 10.2. The topological polar surface area (TPSA) is 87.5 Å². The van der Waals surface area contributed by atoms with E-state index in [-0.39, 0.29) is 11.9 Å². The number of likely N-dealkylation sites (N-methyl/N-ethyl adjacent to an activating group) is 1. The molecule has 0 aliphatic carbocycles. The Morgan fingerprint density at radius 3 is 2.58 bits per heavy atom. The average molecular weight is 506 g/mol. The van der Waals surface area contributed by atoms with Crippen molar-refractivity contribution < 1.29 is 4.79 Å². The quantitative estimate of drug-likeness (QED) is 0.297. The van der Waals surface area contributed by atoms with E-state index < -0.39 is 0 Å². The number of fused-ring (bicyclic) bond motifs is 1. The van der Waals surface area contributed by atoms with Crippen molar-refractivity contribution in [3.05, 3.63) is 53.7 Å². The van der Waals surface area contributed by atoms with Gasteiger partial charge in [-0.05, 0) is 55.6 Å². The molecule has 0 spiro atoms. The predicted molar refractivity (Wildman–Crippen MR) is 148 cm³/mol. The number of nitrogens with zero attached hydrogens (tertiary/aromatic N) is 5. The van der Waals surface area contributed by atoms with Gasteiger partial charge in [0.25, 0.3) is 5.91 Å². The zero-order valence-corrected chi connectivity index (χ0v) is 22.5. The first-order chi connectivity index (χ1) is 17.4. The summed E-state index contributed by atoms with van der Waals surface area (Å²) in [4.78, 5) is 26.3. The second-order valence-electron chi connectivity index (χ2n) is 9.30. The highest BCUT2D eigenvalue weighted by Crippen LogP contribution is 2.28. The Kier molecular flexibility index (Phi) is 8.32. The van der Waals surface area contributed by atoms with Crippen LogP contribution in [-0.4, -0.2) is 62.6 Å². The lowest BCUT2D eigenvalue weighted by molar-refractivity contribution is 0.0938. The lowest BCUT2D eigenvalue weighted by atomic mass is 10.1. The summed E-state index contributed by atoms with van der Waals surface area (Å²) in [5.74, 6) is 0.987. The lowest BCUT2D eigenvalue weighted by Gasteiger charge is -2.26. The van der Waals surface area contributed by atoms with Crippen LogP contribution in [0.5, 0.6) is 0 Å². The van der Waals surface area contributed by atoms with Gasteiger partial charge in [-0.15, -0.1) is 11.3 Å². The van der Waals surface area contributed by atoms with Crippen molar-refractivity contribution in [2.75, 3.05) is 31.5 Å². The van der Waals surface area contributed by atoms with E-state index in [1.165, 1.54) is 0 Å². The zero-order valence-electron chi connectivity index (χ0n) is 21.7. The molecule has 1 amide bonds. The average Bonchev–Trinajstić information content (AvgIpc) is 3.56. The highest BCUT2D eigenvalue weighted by molar-refractivity contribution is 7.13. The van der Waals surface area contributed by atoms with E-state index in [4.69, 9.17) is 9.97 Å². The highest BCUT2D eigenvalue weighted by atomic mass is 32.1. The molecular formula is C27H35N7OS. The van der Waals surface area contributed by atoms with Gasteiger partial charge in [-0.3, -0.25) is 9.69 Å². The maximum atomic E-state index is 13.2. The maximum absolute atomic E-state index is 13.2. The highest BCUT2D eigenvalue weighted by Gasteiger charge is 2.17. The number of hydrogen-bond acceptors (Lipinski definition) is 7. The molecule has 0 aliphatic heterocycles. The van der Waals surface area contributed by atoms with Crippen molar-refractivity contribution in [1.82, 2.24) is 29.8 Å². The van der Waals surface area contributed by atoms with Crippen LogP contribution in [0.1, 0.15) is 45.0 Å². The molecule has 0 fully saturated rings. The third-order valence-corrected chi connectivity index (χ3v) is 7.08. The molecule has 0 aliphatic rings. The Labute approximate surface area is 216 Å². The number of rotatable bonds is 11. The van der Waals surface area contributed by atoms with Crippen LogP contribution >= 0.6 is 11.3 Å². The van der Waals surface area contributed by atoms with Gasteiger partial charge < -0.3 is 10.6 Å². The molecule has 4 aromatic heterocycles. The zero-order chi connectivity index (χ0) is 25.7. The summed E-state index contributed by atoms with van der Waals surface area (Å²) in [7, 11) is 0. The van der Waals surface area contributed by atoms with Gasteiger partial charge in [0.2, 0.25) is 0 Å². The SMILES string of the molecule is CCN(CC)[C@@H](C)CNC(=O)c1cc(NCC(C)C)nc(-c2cnn3ccc(-c4cccs4)nc23)c1. The molecule has 0 radical (unpaired) electrons. The predicted octanol–water partition coefficient (Wildman–Crippen LogP) is 5.05. The van der Waals surface area contributed by atoms with E-state index in [0.29, 0.717) is 35.2 Å². The molecule has 190 valence electrons.